The van der Waals surface area contributed by atoms with Crippen LogP contribution in [-0.2, 0) is 12.8 Å². The second-order valence-corrected chi connectivity index (χ2v) is 5.14. The van der Waals surface area contributed by atoms with Crippen molar-refractivity contribution < 1.29 is 18.3 Å². The maximum Gasteiger partial charge on any atom is 0.171 e. The van der Waals surface area contributed by atoms with Crippen LogP contribution in [0, 0.1) is 11.6 Å². The third kappa shape index (κ3) is 2.24. The van der Waals surface area contributed by atoms with E-state index < -0.39 is 11.6 Å². The minimum atomic E-state index is -0.649. The zero-order chi connectivity index (χ0) is 15.0. The fourth-order valence-electron chi connectivity index (χ4n) is 2.92. The van der Waals surface area contributed by atoms with Gasteiger partial charge in [-0.05, 0) is 30.7 Å². The van der Waals surface area contributed by atoms with Gasteiger partial charge in [0.05, 0.1) is 20.4 Å². The van der Waals surface area contributed by atoms with Gasteiger partial charge in [0.1, 0.15) is 0 Å². The number of aryl methyl sites for hydroxylation is 1. The average Bonchev–Trinajstić information content (AvgIpc) is 2.95. The standard InChI is InChI=1S/C15H16F2N2O2/c1-20-11-6-12(21-2)15(17)13(14(11)16)8-3-4-9-7-18-19-10(9)5-8/h6-8H,3-5H2,1-2H3,(H,18,19). The van der Waals surface area contributed by atoms with Crippen molar-refractivity contribution in [1.82, 2.24) is 10.2 Å². The Balaban J connectivity index is 2.06. The normalized spacial score (nSPS) is 17.4. The summed E-state index contributed by atoms with van der Waals surface area (Å²) in [5.41, 5.74) is 2.08. The smallest absolute Gasteiger partial charge is 0.171 e. The monoisotopic (exact) mass is 294 g/mol. The van der Waals surface area contributed by atoms with Crippen molar-refractivity contribution in [3.63, 3.8) is 0 Å². The number of nitrogens with zero attached hydrogens (tertiary/aromatic N) is 1. The van der Waals surface area contributed by atoms with Crippen molar-refractivity contribution in [3.05, 3.63) is 40.7 Å². The highest BCUT2D eigenvalue weighted by molar-refractivity contribution is 5.44. The first-order valence-corrected chi connectivity index (χ1v) is 6.76. The molecule has 1 aliphatic rings. The Morgan fingerprint density at radius 1 is 1.19 bits per heavy atom. The van der Waals surface area contributed by atoms with E-state index in [-0.39, 0.29) is 23.0 Å². The van der Waals surface area contributed by atoms with Crippen LogP contribution in [0.15, 0.2) is 12.3 Å². The lowest BCUT2D eigenvalue weighted by atomic mass is 9.82. The second-order valence-electron chi connectivity index (χ2n) is 5.14. The predicted molar refractivity (Wildman–Crippen MR) is 72.8 cm³/mol. The molecule has 6 heteroatoms. The third-order valence-corrected chi connectivity index (χ3v) is 4.04. The SMILES string of the molecule is COc1cc(OC)c(F)c(C2CCc3cn[nH]c3C2)c1F. The lowest BCUT2D eigenvalue weighted by Crippen LogP contribution is -2.16. The molecule has 0 bridgehead atoms. The lowest BCUT2D eigenvalue weighted by molar-refractivity contribution is 0.347. The van der Waals surface area contributed by atoms with E-state index in [0.717, 1.165) is 17.7 Å². The highest BCUT2D eigenvalue weighted by atomic mass is 19.1. The number of H-pyrrole nitrogens is 1. The molecule has 112 valence electrons. The van der Waals surface area contributed by atoms with Crippen LogP contribution in [0.1, 0.15) is 29.2 Å². The van der Waals surface area contributed by atoms with Gasteiger partial charge in [-0.2, -0.15) is 5.10 Å². The van der Waals surface area contributed by atoms with Crippen molar-refractivity contribution in [2.75, 3.05) is 14.2 Å². The highest BCUT2D eigenvalue weighted by Gasteiger charge is 2.30. The molecule has 0 amide bonds. The minimum absolute atomic E-state index is 0.00124. The number of nitrogens with one attached hydrogen (secondary N) is 1. The summed E-state index contributed by atoms with van der Waals surface area (Å²) in [5.74, 6) is -1.56. The molecule has 0 saturated heterocycles. The number of halogens is 2. The number of methoxy groups -OCH3 is 2. The van der Waals surface area contributed by atoms with E-state index in [1.807, 2.05) is 0 Å². The number of rotatable bonds is 3. The number of hydrogen-bond acceptors (Lipinski definition) is 3. The average molecular weight is 294 g/mol. The molecule has 2 aromatic rings. The quantitative estimate of drug-likeness (QED) is 0.946. The van der Waals surface area contributed by atoms with Crippen molar-refractivity contribution in [2.24, 2.45) is 0 Å². The number of fused-ring (bicyclic) bond motifs is 1. The molecule has 1 aromatic carbocycles. The maximum atomic E-state index is 14.5. The van der Waals surface area contributed by atoms with E-state index in [1.165, 1.54) is 20.3 Å². The molecule has 3 rings (SSSR count). The van der Waals surface area contributed by atoms with Crippen molar-refractivity contribution in [2.45, 2.75) is 25.2 Å². The fourth-order valence-corrected chi connectivity index (χ4v) is 2.92. The van der Waals surface area contributed by atoms with E-state index in [4.69, 9.17) is 9.47 Å². The Morgan fingerprint density at radius 2 is 1.86 bits per heavy atom. The number of aromatic amines is 1. The maximum absolute atomic E-state index is 14.5. The summed E-state index contributed by atoms with van der Waals surface area (Å²) < 4.78 is 39.0. The van der Waals surface area contributed by atoms with Crippen LogP contribution in [0.5, 0.6) is 11.5 Å². The van der Waals surface area contributed by atoms with Crippen molar-refractivity contribution in [3.8, 4) is 11.5 Å². The van der Waals surface area contributed by atoms with Crippen molar-refractivity contribution >= 4 is 0 Å². The molecule has 4 nitrogen and oxygen atoms in total. The summed E-state index contributed by atoms with van der Waals surface area (Å²) in [6.45, 7) is 0. The molecule has 1 aromatic heterocycles. The highest BCUT2D eigenvalue weighted by Crippen LogP contribution is 2.40. The van der Waals surface area contributed by atoms with Gasteiger partial charge in [-0.3, -0.25) is 5.10 Å². The molecular formula is C15H16F2N2O2. The summed E-state index contributed by atoms with van der Waals surface area (Å²) in [4.78, 5) is 0. The summed E-state index contributed by atoms with van der Waals surface area (Å²) in [6.07, 6.45) is 3.70. The van der Waals surface area contributed by atoms with Crippen molar-refractivity contribution in [1.29, 1.82) is 0 Å². The Kier molecular flexibility index (Phi) is 3.53. The first kappa shape index (κ1) is 13.9. The number of benzene rings is 1. The van der Waals surface area contributed by atoms with Crippen LogP contribution in [0.4, 0.5) is 8.78 Å². The van der Waals surface area contributed by atoms with Crippen LogP contribution in [0.3, 0.4) is 0 Å². The summed E-state index contributed by atoms with van der Waals surface area (Å²) in [7, 11) is 2.71. The van der Waals surface area contributed by atoms with E-state index in [1.54, 1.807) is 6.20 Å². The Labute approximate surface area is 121 Å². The minimum Gasteiger partial charge on any atom is -0.494 e. The zero-order valence-corrected chi connectivity index (χ0v) is 11.9. The molecule has 1 aliphatic carbocycles. The predicted octanol–water partition coefficient (Wildman–Crippen LogP) is 2.98. The van der Waals surface area contributed by atoms with Gasteiger partial charge in [-0.15, -0.1) is 0 Å². The van der Waals surface area contributed by atoms with E-state index >= 15 is 0 Å². The number of aromatic nitrogens is 2. The second kappa shape index (κ2) is 5.35. The van der Waals surface area contributed by atoms with Gasteiger partial charge in [0, 0.05) is 17.3 Å². The molecule has 21 heavy (non-hydrogen) atoms. The molecule has 0 spiro atoms. The Morgan fingerprint density at radius 3 is 2.48 bits per heavy atom. The van der Waals surface area contributed by atoms with Gasteiger partial charge in [0.2, 0.25) is 0 Å². The van der Waals surface area contributed by atoms with Gasteiger partial charge >= 0.3 is 0 Å². The van der Waals surface area contributed by atoms with Gasteiger partial charge in [-0.1, -0.05) is 0 Å². The molecular weight excluding hydrogens is 278 g/mol. The molecule has 0 aliphatic heterocycles. The number of ether oxygens (including phenoxy) is 2. The van der Waals surface area contributed by atoms with E-state index in [2.05, 4.69) is 10.2 Å². The van der Waals surface area contributed by atoms with Gasteiger partial charge in [0.25, 0.3) is 0 Å². The lowest BCUT2D eigenvalue weighted by Gasteiger charge is -2.24. The van der Waals surface area contributed by atoms with Crippen LogP contribution in [0.2, 0.25) is 0 Å². The largest absolute Gasteiger partial charge is 0.494 e. The first-order valence-electron chi connectivity index (χ1n) is 6.76. The Bertz CT molecular complexity index is 642. The molecule has 1 atom stereocenters. The van der Waals surface area contributed by atoms with E-state index in [0.29, 0.717) is 12.8 Å². The van der Waals surface area contributed by atoms with Crippen LogP contribution in [0.25, 0.3) is 0 Å². The van der Waals surface area contributed by atoms with Crippen LogP contribution < -0.4 is 9.47 Å². The molecule has 0 radical (unpaired) electrons. The van der Waals surface area contributed by atoms with Crippen LogP contribution in [-0.4, -0.2) is 24.4 Å². The van der Waals surface area contributed by atoms with E-state index in [9.17, 15) is 8.78 Å². The molecule has 0 saturated carbocycles. The van der Waals surface area contributed by atoms with Gasteiger partial charge in [-0.25, -0.2) is 8.78 Å². The van der Waals surface area contributed by atoms with Gasteiger partial charge in [0.15, 0.2) is 23.1 Å². The molecule has 1 N–H and O–H groups in total. The molecule has 1 unspecified atom stereocenters. The fraction of sp³-hybridized carbons (Fsp3) is 0.400. The molecule has 0 fully saturated rings. The van der Waals surface area contributed by atoms with Gasteiger partial charge < -0.3 is 9.47 Å². The van der Waals surface area contributed by atoms with Crippen LogP contribution >= 0.6 is 0 Å². The summed E-state index contributed by atoms with van der Waals surface area (Å²) >= 11 is 0. The number of hydrogen-bond donors (Lipinski definition) is 1. The molecule has 1 heterocycles. The third-order valence-electron chi connectivity index (χ3n) is 4.04. The zero-order valence-electron chi connectivity index (χ0n) is 11.9. The summed E-state index contributed by atoms with van der Waals surface area (Å²) in [6, 6.07) is 1.23. The Hall–Kier alpha value is -2.11. The first-order chi connectivity index (χ1) is 10.2. The summed E-state index contributed by atoms with van der Waals surface area (Å²) in [5, 5.41) is 6.88. The topological polar surface area (TPSA) is 47.1 Å².